The summed E-state index contributed by atoms with van der Waals surface area (Å²) in [5.41, 5.74) is 2.22. The number of aliphatic hydroxyl groups excluding tert-OH is 1. The number of nitrogens with zero attached hydrogens (tertiary/aromatic N) is 3. The Balaban J connectivity index is 1.40. The third kappa shape index (κ3) is 4.63. The summed E-state index contributed by atoms with van der Waals surface area (Å²) in [7, 11) is -0.461. The smallest absolute Gasteiger partial charge is 0.488 e. The zero-order valence-corrected chi connectivity index (χ0v) is 18.2. The normalized spacial score (nSPS) is 17.1. The Bertz CT molecular complexity index is 1060. The third-order valence-corrected chi connectivity index (χ3v) is 5.62. The molecule has 0 radical (unpaired) electrons. The average molecular weight is 423 g/mol. The largest absolute Gasteiger partial charge is 0.494 e. The predicted molar refractivity (Wildman–Crippen MR) is 116 cm³/mol. The van der Waals surface area contributed by atoms with E-state index in [0.717, 1.165) is 11.0 Å². The number of benzene rings is 1. The molecule has 0 saturated carbocycles. The van der Waals surface area contributed by atoms with Crippen LogP contribution in [0.15, 0.2) is 42.9 Å². The second-order valence-corrected chi connectivity index (χ2v) is 8.43. The summed E-state index contributed by atoms with van der Waals surface area (Å²) in [6.45, 7) is 8.62. The number of aromatic nitrogens is 3. The van der Waals surface area contributed by atoms with Gasteiger partial charge >= 0.3 is 7.12 Å². The molecule has 0 atom stereocenters. The molecule has 1 fully saturated rings. The topological polar surface area (TPSA) is 95.8 Å². The lowest BCUT2D eigenvalue weighted by Crippen LogP contribution is -2.41. The van der Waals surface area contributed by atoms with Crippen LogP contribution in [0.4, 0.5) is 0 Å². The van der Waals surface area contributed by atoms with E-state index in [0.29, 0.717) is 35.9 Å². The fourth-order valence-corrected chi connectivity index (χ4v) is 3.14. The van der Waals surface area contributed by atoms with Crippen molar-refractivity contribution in [3.8, 4) is 11.6 Å². The summed E-state index contributed by atoms with van der Waals surface area (Å²) in [6.07, 6.45) is 4.77. The summed E-state index contributed by atoms with van der Waals surface area (Å²) >= 11 is 0. The quantitative estimate of drug-likeness (QED) is 0.457. The summed E-state index contributed by atoms with van der Waals surface area (Å²) in [5, 5.41) is 9.16. The van der Waals surface area contributed by atoms with Crippen LogP contribution < -0.4 is 14.9 Å². The van der Waals surface area contributed by atoms with E-state index < -0.39 is 18.3 Å². The molecule has 31 heavy (non-hydrogen) atoms. The van der Waals surface area contributed by atoms with Crippen LogP contribution in [0, 0.1) is 0 Å². The van der Waals surface area contributed by atoms with E-state index in [9.17, 15) is 0 Å². The van der Waals surface area contributed by atoms with Crippen molar-refractivity contribution in [3.63, 3.8) is 0 Å². The standard InChI is InChI=1S/C22H26BN3O5/c1-21(2)22(3,4)31-23(30-21)16-5-6-18-19(10-16)26-20(13-25-18)29-8-7-28-17-9-15(14-27)11-24-12-17/h5-6,9-13,27H,7-8,14H2,1-4H3. The predicted octanol–water partition coefficient (Wildman–Crippen LogP) is 2.27. The number of rotatable bonds is 7. The highest BCUT2D eigenvalue weighted by molar-refractivity contribution is 6.62. The lowest BCUT2D eigenvalue weighted by Gasteiger charge is -2.32. The molecule has 0 unspecified atom stereocenters. The summed E-state index contributed by atoms with van der Waals surface area (Å²) < 4.78 is 23.6. The van der Waals surface area contributed by atoms with Gasteiger partial charge < -0.3 is 23.9 Å². The lowest BCUT2D eigenvalue weighted by molar-refractivity contribution is 0.00578. The van der Waals surface area contributed by atoms with Gasteiger partial charge in [-0.15, -0.1) is 0 Å². The molecular formula is C22H26BN3O5. The summed E-state index contributed by atoms with van der Waals surface area (Å²) in [4.78, 5) is 13.0. The molecule has 0 aliphatic carbocycles. The van der Waals surface area contributed by atoms with Gasteiger partial charge in [-0.1, -0.05) is 6.07 Å². The van der Waals surface area contributed by atoms with E-state index >= 15 is 0 Å². The number of aliphatic hydroxyl groups is 1. The highest BCUT2D eigenvalue weighted by Gasteiger charge is 2.51. The average Bonchev–Trinajstić information content (AvgIpc) is 2.98. The minimum Gasteiger partial charge on any atom is -0.488 e. The highest BCUT2D eigenvalue weighted by Crippen LogP contribution is 2.36. The molecule has 3 heterocycles. The molecule has 1 aromatic carbocycles. The van der Waals surface area contributed by atoms with E-state index in [2.05, 4.69) is 15.0 Å². The zero-order valence-electron chi connectivity index (χ0n) is 18.2. The van der Waals surface area contributed by atoms with Crippen molar-refractivity contribution >= 4 is 23.6 Å². The molecule has 0 bridgehead atoms. The Kier molecular flexibility index (Phi) is 5.83. The first-order chi connectivity index (χ1) is 14.8. The maximum absolute atomic E-state index is 9.16. The summed E-state index contributed by atoms with van der Waals surface area (Å²) in [6, 6.07) is 7.50. The van der Waals surface area contributed by atoms with Gasteiger partial charge in [0.05, 0.1) is 41.2 Å². The molecule has 1 saturated heterocycles. The number of hydrogen-bond acceptors (Lipinski definition) is 8. The van der Waals surface area contributed by atoms with Crippen molar-refractivity contribution in [2.24, 2.45) is 0 Å². The third-order valence-electron chi connectivity index (χ3n) is 5.62. The number of fused-ring (bicyclic) bond motifs is 1. The molecule has 4 rings (SSSR count). The van der Waals surface area contributed by atoms with Crippen LogP contribution in [0.3, 0.4) is 0 Å². The molecule has 162 valence electrons. The van der Waals surface area contributed by atoms with Crippen molar-refractivity contribution < 1.29 is 23.9 Å². The summed E-state index contributed by atoms with van der Waals surface area (Å²) in [5.74, 6) is 0.983. The van der Waals surface area contributed by atoms with Crippen LogP contribution >= 0.6 is 0 Å². The van der Waals surface area contributed by atoms with E-state index in [1.165, 1.54) is 0 Å². The van der Waals surface area contributed by atoms with E-state index in [1.54, 1.807) is 24.7 Å². The fourth-order valence-electron chi connectivity index (χ4n) is 3.14. The Morgan fingerprint density at radius 3 is 2.42 bits per heavy atom. The maximum atomic E-state index is 9.16. The zero-order chi connectivity index (χ0) is 22.1. The van der Waals surface area contributed by atoms with Crippen molar-refractivity contribution in [1.82, 2.24) is 15.0 Å². The van der Waals surface area contributed by atoms with Crippen molar-refractivity contribution in [2.75, 3.05) is 13.2 Å². The minimum absolute atomic E-state index is 0.0820. The Labute approximate surface area is 181 Å². The first-order valence-corrected chi connectivity index (χ1v) is 10.2. The van der Waals surface area contributed by atoms with Crippen LogP contribution in [0.2, 0.25) is 0 Å². The molecule has 1 aliphatic rings. The van der Waals surface area contributed by atoms with Crippen LogP contribution in [-0.4, -0.2) is 51.6 Å². The number of ether oxygens (including phenoxy) is 2. The van der Waals surface area contributed by atoms with Crippen LogP contribution in [-0.2, 0) is 15.9 Å². The van der Waals surface area contributed by atoms with Gasteiger partial charge in [-0.25, -0.2) is 9.97 Å². The Morgan fingerprint density at radius 1 is 0.935 bits per heavy atom. The SMILES string of the molecule is CC1(C)OB(c2ccc3ncc(OCCOc4cncc(CO)c4)nc3c2)OC1(C)C. The van der Waals surface area contributed by atoms with Crippen LogP contribution in [0.25, 0.3) is 11.0 Å². The van der Waals surface area contributed by atoms with Gasteiger partial charge in [-0.2, -0.15) is 0 Å². The van der Waals surface area contributed by atoms with E-state index in [-0.39, 0.29) is 6.61 Å². The Hall–Kier alpha value is -2.75. The number of hydrogen-bond donors (Lipinski definition) is 1. The minimum atomic E-state index is -0.461. The first-order valence-electron chi connectivity index (χ1n) is 10.2. The van der Waals surface area contributed by atoms with Crippen LogP contribution in [0.5, 0.6) is 11.6 Å². The molecule has 8 nitrogen and oxygen atoms in total. The molecule has 2 aromatic heterocycles. The van der Waals surface area contributed by atoms with Gasteiger partial charge in [0.2, 0.25) is 5.88 Å². The van der Waals surface area contributed by atoms with Crippen molar-refractivity contribution in [2.45, 2.75) is 45.5 Å². The molecule has 9 heteroatoms. The molecule has 3 aromatic rings. The second kappa shape index (κ2) is 8.41. The number of pyridine rings is 1. The van der Waals surface area contributed by atoms with Gasteiger partial charge in [0.15, 0.2) is 0 Å². The van der Waals surface area contributed by atoms with Gasteiger partial charge in [-0.3, -0.25) is 4.98 Å². The first kappa shape index (κ1) is 21.5. The maximum Gasteiger partial charge on any atom is 0.494 e. The molecular weight excluding hydrogens is 397 g/mol. The highest BCUT2D eigenvalue weighted by atomic mass is 16.7. The van der Waals surface area contributed by atoms with E-state index in [4.69, 9.17) is 23.9 Å². The van der Waals surface area contributed by atoms with E-state index in [1.807, 2.05) is 45.9 Å². The lowest BCUT2D eigenvalue weighted by atomic mass is 9.79. The molecule has 0 spiro atoms. The molecule has 1 aliphatic heterocycles. The van der Waals surface area contributed by atoms with Crippen molar-refractivity contribution in [3.05, 3.63) is 48.4 Å². The van der Waals surface area contributed by atoms with Gasteiger partial charge in [0, 0.05) is 6.20 Å². The monoisotopic (exact) mass is 423 g/mol. The Morgan fingerprint density at radius 2 is 1.68 bits per heavy atom. The van der Waals surface area contributed by atoms with Gasteiger partial charge in [0.1, 0.15) is 19.0 Å². The van der Waals surface area contributed by atoms with Gasteiger partial charge in [-0.05, 0) is 56.9 Å². The van der Waals surface area contributed by atoms with Gasteiger partial charge in [0.25, 0.3) is 0 Å². The van der Waals surface area contributed by atoms with Crippen LogP contribution in [0.1, 0.15) is 33.3 Å². The second-order valence-electron chi connectivity index (χ2n) is 8.43. The van der Waals surface area contributed by atoms with Crippen molar-refractivity contribution in [1.29, 1.82) is 0 Å². The fraction of sp³-hybridized carbons (Fsp3) is 0.409. The molecule has 0 amide bonds. The molecule has 1 N–H and O–H groups in total.